The molecular weight excluding hydrogens is 599 g/mol. The summed E-state index contributed by atoms with van der Waals surface area (Å²) in [7, 11) is 1.19. The number of nitrogens with zero attached hydrogens (tertiary/aromatic N) is 2. The summed E-state index contributed by atoms with van der Waals surface area (Å²) < 4.78 is 31.8. The first-order valence-corrected chi connectivity index (χ1v) is 15.4. The molecule has 1 aliphatic rings. The summed E-state index contributed by atoms with van der Waals surface area (Å²) >= 11 is 0. The highest BCUT2D eigenvalue weighted by molar-refractivity contribution is 6.15. The Hall–Kier alpha value is -5.08. The van der Waals surface area contributed by atoms with Crippen LogP contribution in [0.3, 0.4) is 0 Å². The molecule has 47 heavy (non-hydrogen) atoms. The van der Waals surface area contributed by atoms with Gasteiger partial charge in [0.1, 0.15) is 24.3 Å². The van der Waals surface area contributed by atoms with Gasteiger partial charge in [0.05, 0.1) is 36.6 Å². The van der Waals surface area contributed by atoms with Gasteiger partial charge < -0.3 is 25.3 Å². The van der Waals surface area contributed by atoms with Gasteiger partial charge in [0, 0.05) is 19.0 Å². The summed E-state index contributed by atoms with van der Waals surface area (Å²) in [5, 5.41) is 12.3. The van der Waals surface area contributed by atoms with E-state index in [1.807, 2.05) is 60.7 Å². The Labute approximate surface area is 273 Å². The maximum Gasteiger partial charge on any atom is 0.420 e. The van der Waals surface area contributed by atoms with E-state index in [4.69, 9.17) is 25.2 Å². The minimum Gasteiger partial charge on any atom is -0.491 e. The Morgan fingerprint density at radius 3 is 2.23 bits per heavy atom. The number of hydrogen-bond donors (Lipinski definition) is 2. The first kappa shape index (κ1) is 33.3. The van der Waals surface area contributed by atoms with Crippen molar-refractivity contribution in [1.82, 2.24) is 5.32 Å². The first-order valence-electron chi connectivity index (χ1n) is 15.4. The highest BCUT2D eigenvalue weighted by Gasteiger charge is 2.36. The minimum absolute atomic E-state index is 0.197. The van der Waals surface area contributed by atoms with Gasteiger partial charge in [0.25, 0.3) is 5.91 Å². The summed E-state index contributed by atoms with van der Waals surface area (Å²) in [6.07, 6.45) is -0.619. The van der Waals surface area contributed by atoms with Crippen molar-refractivity contribution in [2.75, 3.05) is 31.7 Å². The normalized spacial score (nSPS) is 16.6. The van der Waals surface area contributed by atoms with Crippen molar-refractivity contribution in [3.63, 3.8) is 0 Å². The number of hydrogen-bond acceptors (Lipinski definition) is 8. The van der Waals surface area contributed by atoms with E-state index in [1.165, 1.54) is 25.3 Å². The lowest BCUT2D eigenvalue weighted by Crippen LogP contribution is -2.50. The molecule has 242 valence electrons. The maximum absolute atomic E-state index is 14.6. The van der Waals surface area contributed by atoms with E-state index in [0.717, 1.165) is 16.0 Å². The molecule has 5 rings (SSSR count). The minimum atomic E-state index is -1.17. The first-order chi connectivity index (χ1) is 22.9. The molecule has 1 aliphatic heterocycles. The number of nitrogens with two attached hydrogens (primary N) is 1. The van der Waals surface area contributed by atoms with E-state index in [9.17, 15) is 14.0 Å². The van der Waals surface area contributed by atoms with Crippen molar-refractivity contribution in [2.24, 2.45) is 5.73 Å². The number of ether oxygens (including phenoxy) is 3. The number of anilines is 1. The topological polar surface area (TPSA) is 127 Å². The number of carbonyl (C=O) groups excluding carboxylic acids is 2. The lowest BCUT2D eigenvalue weighted by molar-refractivity contribution is -0.119. The maximum atomic E-state index is 14.6. The quantitative estimate of drug-likeness (QED) is 0.226. The van der Waals surface area contributed by atoms with Gasteiger partial charge in [-0.3, -0.25) is 4.79 Å². The van der Waals surface area contributed by atoms with E-state index in [-0.39, 0.29) is 17.9 Å². The van der Waals surface area contributed by atoms with Crippen LogP contribution in [0.5, 0.6) is 5.75 Å². The number of carbonyl (C=O) groups is 2. The smallest absolute Gasteiger partial charge is 0.420 e. The summed E-state index contributed by atoms with van der Waals surface area (Å²) in [5.41, 5.74) is 9.50. The molecule has 0 spiro atoms. The number of rotatable bonds is 11. The predicted molar refractivity (Wildman–Crippen MR) is 175 cm³/mol. The SMILES string of the molecule is COC(=O)N(C(=O)[C@@H](N)C(c1ccccc1)c1ccccc1)c1ccc(F)cc1CC[C@@H]1CNC[C@@H](COc2ccc(C#N)cc2)O1. The predicted octanol–water partition coefficient (Wildman–Crippen LogP) is 5.32. The largest absolute Gasteiger partial charge is 0.491 e. The van der Waals surface area contributed by atoms with Crippen molar-refractivity contribution < 1.29 is 28.2 Å². The molecule has 10 heteroatoms. The van der Waals surface area contributed by atoms with Gasteiger partial charge in [-0.05, 0) is 72.0 Å². The Balaban J connectivity index is 1.33. The van der Waals surface area contributed by atoms with Crippen molar-refractivity contribution in [1.29, 1.82) is 5.26 Å². The number of imide groups is 1. The third-order valence-electron chi connectivity index (χ3n) is 8.11. The molecule has 0 aliphatic carbocycles. The number of morpholine rings is 1. The second-order valence-electron chi connectivity index (χ2n) is 11.3. The van der Waals surface area contributed by atoms with Gasteiger partial charge in [-0.15, -0.1) is 0 Å². The fourth-order valence-corrected chi connectivity index (χ4v) is 5.76. The monoisotopic (exact) mass is 636 g/mol. The average Bonchev–Trinajstić information content (AvgIpc) is 3.12. The third-order valence-corrected chi connectivity index (χ3v) is 8.11. The van der Waals surface area contributed by atoms with Gasteiger partial charge >= 0.3 is 6.09 Å². The number of methoxy groups -OCH3 is 1. The molecule has 1 fully saturated rings. The fraction of sp³-hybridized carbons (Fsp3) is 0.270. The molecule has 0 saturated carbocycles. The molecule has 3 N–H and O–H groups in total. The Kier molecular flexibility index (Phi) is 11.3. The van der Waals surface area contributed by atoms with Crippen molar-refractivity contribution in [2.45, 2.75) is 37.0 Å². The highest BCUT2D eigenvalue weighted by Crippen LogP contribution is 2.31. The zero-order valence-electron chi connectivity index (χ0n) is 26.1. The Morgan fingerprint density at radius 2 is 1.62 bits per heavy atom. The van der Waals surface area contributed by atoms with Crippen LogP contribution in [-0.4, -0.2) is 57.1 Å². The molecule has 0 bridgehead atoms. The number of amides is 2. The molecule has 2 amide bonds. The Morgan fingerprint density at radius 1 is 0.979 bits per heavy atom. The van der Waals surface area contributed by atoms with E-state index in [1.54, 1.807) is 24.3 Å². The summed E-state index contributed by atoms with van der Waals surface area (Å²) in [4.78, 5) is 28.3. The molecule has 0 aromatic heterocycles. The van der Waals surface area contributed by atoms with Gasteiger partial charge in [0.2, 0.25) is 0 Å². The van der Waals surface area contributed by atoms with Gasteiger partial charge in [-0.2, -0.15) is 5.26 Å². The van der Waals surface area contributed by atoms with E-state index >= 15 is 0 Å². The average molecular weight is 637 g/mol. The molecule has 1 saturated heterocycles. The molecule has 1 heterocycles. The van der Waals surface area contributed by atoms with Crippen molar-refractivity contribution >= 4 is 17.7 Å². The van der Waals surface area contributed by atoms with Crippen LogP contribution in [0.4, 0.5) is 14.9 Å². The number of nitriles is 1. The highest BCUT2D eigenvalue weighted by atomic mass is 19.1. The van der Waals surface area contributed by atoms with E-state index in [0.29, 0.717) is 49.4 Å². The van der Waals surface area contributed by atoms with Crippen molar-refractivity contribution in [3.8, 4) is 11.8 Å². The number of nitrogens with one attached hydrogen (secondary N) is 1. The standard InChI is InChI=1S/C37H37FN4O5/c1-45-37(44)42(36(43)35(40)34(26-8-4-2-5-9-26)27-10-6-3-7-11-27)33-19-15-29(38)20-28(33)14-18-31-22-41-23-32(47-31)24-46-30-16-12-25(21-39)13-17-30/h2-13,15-17,19-20,31-32,34-35,41H,14,18,22-24,40H2,1H3/t31-,32+,35+/m1/s1. The molecule has 0 unspecified atom stereocenters. The summed E-state index contributed by atoms with van der Waals surface area (Å²) in [6.45, 7) is 1.45. The Bertz CT molecular complexity index is 1640. The van der Waals surface area contributed by atoms with Gasteiger partial charge in [0.15, 0.2) is 0 Å². The second-order valence-corrected chi connectivity index (χ2v) is 11.3. The molecule has 9 nitrogen and oxygen atoms in total. The number of halogens is 1. The lowest BCUT2D eigenvalue weighted by Gasteiger charge is -2.32. The number of aryl methyl sites for hydroxylation is 1. The second kappa shape index (κ2) is 16.0. The van der Waals surface area contributed by atoms with E-state index < -0.39 is 29.8 Å². The fourth-order valence-electron chi connectivity index (χ4n) is 5.76. The molecule has 4 aromatic rings. The third kappa shape index (κ3) is 8.40. The van der Waals surface area contributed by atoms with E-state index in [2.05, 4.69) is 11.4 Å². The van der Waals surface area contributed by atoms with Crippen LogP contribution in [0.25, 0.3) is 0 Å². The molecule has 4 aromatic carbocycles. The van der Waals surface area contributed by atoms with Crippen LogP contribution >= 0.6 is 0 Å². The lowest BCUT2D eigenvalue weighted by atomic mass is 9.84. The number of benzene rings is 4. The molecule has 0 radical (unpaired) electrons. The molecular formula is C37H37FN4O5. The van der Waals surface area contributed by atoms with Crippen LogP contribution in [0.1, 0.15) is 34.6 Å². The van der Waals surface area contributed by atoms with Gasteiger partial charge in [-0.1, -0.05) is 60.7 Å². The zero-order chi connectivity index (χ0) is 33.2. The van der Waals surface area contributed by atoms with Gasteiger partial charge in [-0.25, -0.2) is 14.1 Å². The van der Waals surface area contributed by atoms with Crippen LogP contribution in [-0.2, 0) is 20.7 Å². The van der Waals surface area contributed by atoms with Crippen LogP contribution < -0.4 is 20.7 Å². The van der Waals surface area contributed by atoms with Crippen molar-refractivity contribution in [3.05, 3.63) is 131 Å². The molecule has 3 atom stereocenters. The van der Waals surface area contributed by atoms with Crippen LogP contribution in [0.15, 0.2) is 103 Å². The summed E-state index contributed by atoms with van der Waals surface area (Å²) in [6, 6.07) is 30.4. The zero-order valence-corrected chi connectivity index (χ0v) is 26.1. The summed E-state index contributed by atoms with van der Waals surface area (Å²) in [5.74, 6) is -1.12. The van der Waals surface area contributed by atoms with Crippen LogP contribution in [0.2, 0.25) is 0 Å². The van der Waals surface area contributed by atoms with Crippen LogP contribution in [0, 0.1) is 17.1 Å².